The Kier molecular flexibility index (Phi) is 7.54. The van der Waals surface area contributed by atoms with Crippen molar-refractivity contribution in [3.8, 4) is 5.75 Å². The average Bonchev–Trinajstić information content (AvgIpc) is 2.47. The number of ether oxygens (including phenoxy) is 1. The minimum absolute atomic E-state index is 0. The number of nitrogens with zero attached hydrogens (tertiary/aromatic N) is 1. The van der Waals surface area contributed by atoms with Gasteiger partial charge in [-0.1, -0.05) is 6.92 Å². The van der Waals surface area contributed by atoms with Crippen molar-refractivity contribution >= 4 is 24.0 Å². The standard InChI is InChI=1S/C16H24N2O2.ClH/c1-13-7-10-18(11-8-13)12-9-16(19)17-14-3-5-15(20-2)6-4-14;/h3-6,13H,7-12H2,1-2H3,(H,17,19);1H. The maximum atomic E-state index is 11.9. The number of rotatable bonds is 5. The van der Waals surface area contributed by atoms with E-state index < -0.39 is 0 Å². The Bertz CT molecular complexity index is 428. The number of hydrogen-bond donors (Lipinski definition) is 1. The van der Waals surface area contributed by atoms with Crippen molar-refractivity contribution in [2.75, 3.05) is 32.1 Å². The maximum Gasteiger partial charge on any atom is 0.225 e. The van der Waals surface area contributed by atoms with E-state index in [1.54, 1.807) is 7.11 Å². The van der Waals surface area contributed by atoms with Crippen LogP contribution in [-0.4, -0.2) is 37.6 Å². The fraction of sp³-hybridized carbons (Fsp3) is 0.562. The molecule has 1 aromatic carbocycles. The number of methoxy groups -OCH3 is 1. The number of carbonyl (C=O) groups is 1. The van der Waals surface area contributed by atoms with Crippen LogP contribution in [0.25, 0.3) is 0 Å². The molecule has 5 heteroatoms. The number of amides is 1. The Hall–Kier alpha value is -1.26. The molecule has 0 aromatic heterocycles. The van der Waals surface area contributed by atoms with Gasteiger partial charge in [-0.25, -0.2) is 0 Å². The monoisotopic (exact) mass is 312 g/mol. The molecular weight excluding hydrogens is 288 g/mol. The van der Waals surface area contributed by atoms with E-state index in [4.69, 9.17) is 4.74 Å². The van der Waals surface area contributed by atoms with Crippen LogP contribution in [0.1, 0.15) is 26.2 Å². The topological polar surface area (TPSA) is 41.6 Å². The molecule has 0 bridgehead atoms. The molecule has 1 aliphatic rings. The zero-order valence-corrected chi connectivity index (χ0v) is 13.6. The van der Waals surface area contributed by atoms with Crippen LogP contribution in [0.5, 0.6) is 5.75 Å². The normalized spacial score (nSPS) is 16.1. The van der Waals surface area contributed by atoms with Gasteiger partial charge in [0.05, 0.1) is 7.11 Å². The van der Waals surface area contributed by atoms with Crippen molar-refractivity contribution in [3.63, 3.8) is 0 Å². The highest BCUT2D eigenvalue weighted by atomic mass is 35.5. The van der Waals surface area contributed by atoms with E-state index in [9.17, 15) is 4.79 Å². The molecule has 0 unspecified atom stereocenters. The van der Waals surface area contributed by atoms with Gasteiger partial charge >= 0.3 is 0 Å². The predicted molar refractivity (Wildman–Crippen MR) is 88.3 cm³/mol. The van der Waals surface area contributed by atoms with Crippen LogP contribution >= 0.6 is 12.4 Å². The van der Waals surface area contributed by atoms with Gasteiger partial charge in [-0.3, -0.25) is 4.79 Å². The van der Waals surface area contributed by atoms with E-state index in [1.165, 1.54) is 12.8 Å². The van der Waals surface area contributed by atoms with Gasteiger partial charge < -0.3 is 15.0 Å². The zero-order valence-electron chi connectivity index (χ0n) is 12.8. The molecule has 0 saturated carbocycles. The molecule has 1 amide bonds. The highest BCUT2D eigenvalue weighted by Gasteiger charge is 2.16. The Morgan fingerprint density at radius 2 is 1.90 bits per heavy atom. The maximum absolute atomic E-state index is 11.9. The summed E-state index contributed by atoms with van der Waals surface area (Å²) in [5.41, 5.74) is 0.822. The van der Waals surface area contributed by atoms with E-state index in [0.717, 1.165) is 37.0 Å². The number of hydrogen-bond acceptors (Lipinski definition) is 3. The van der Waals surface area contributed by atoms with Crippen molar-refractivity contribution in [2.45, 2.75) is 26.2 Å². The smallest absolute Gasteiger partial charge is 0.225 e. The van der Waals surface area contributed by atoms with Crippen LogP contribution in [0.15, 0.2) is 24.3 Å². The van der Waals surface area contributed by atoms with Crippen molar-refractivity contribution < 1.29 is 9.53 Å². The summed E-state index contributed by atoms with van der Waals surface area (Å²) in [6, 6.07) is 7.42. The largest absolute Gasteiger partial charge is 0.497 e. The van der Waals surface area contributed by atoms with Crippen molar-refractivity contribution in [3.05, 3.63) is 24.3 Å². The Morgan fingerprint density at radius 1 is 1.29 bits per heavy atom. The third kappa shape index (κ3) is 5.94. The lowest BCUT2D eigenvalue weighted by Gasteiger charge is -2.29. The summed E-state index contributed by atoms with van der Waals surface area (Å²) in [6.07, 6.45) is 3.06. The first-order chi connectivity index (χ1) is 9.67. The fourth-order valence-electron chi connectivity index (χ4n) is 2.44. The summed E-state index contributed by atoms with van der Waals surface area (Å²) in [4.78, 5) is 14.3. The molecule has 1 fully saturated rings. The number of anilines is 1. The van der Waals surface area contributed by atoms with Crippen molar-refractivity contribution in [1.29, 1.82) is 0 Å². The van der Waals surface area contributed by atoms with Gasteiger partial charge in [0.25, 0.3) is 0 Å². The highest BCUT2D eigenvalue weighted by molar-refractivity contribution is 5.90. The number of benzene rings is 1. The molecule has 1 aliphatic heterocycles. The second-order valence-electron chi connectivity index (χ2n) is 5.55. The number of likely N-dealkylation sites (tertiary alicyclic amines) is 1. The summed E-state index contributed by atoms with van der Waals surface area (Å²) in [5, 5.41) is 2.92. The fourth-order valence-corrected chi connectivity index (χ4v) is 2.44. The lowest BCUT2D eigenvalue weighted by Crippen LogP contribution is -2.35. The molecule has 4 nitrogen and oxygen atoms in total. The van der Waals surface area contributed by atoms with Crippen LogP contribution in [0.4, 0.5) is 5.69 Å². The van der Waals surface area contributed by atoms with E-state index in [2.05, 4.69) is 17.1 Å². The van der Waals surface area contributed by atoms with Crippen molar-refractivity contribution in [1.82, 2.24) is 4.90 Å². The minimum atomic E-state index is 0. The number of halogens is 1. The van der Waals surface area contributed by atoms with Crippen molar-refractivity contribution in [2.24, 2.45) is 5.92 Å². The van der Waals surface area contributed by atoms with Gasteiger partial charge in [0.1, 0.15) is 5.75 Å². The first-order valence-electron chi connectivity index (χ1n) is 7.33. The van der Waals surface area contributed by atoms with E-state index in [0.29, 0.717) is 6.42 Å². The lowest BCUT2D eigenvalue weighted by atomic mass is 9.99. The molecule has 118 valence electrons. The van der Waals surface area contributed by atoms with Gasteiger partial charge in [-0.15, -0.1) is 12.4 Å². The van der Waals surface area contributed by atoms with Crippen LogP contribution in [0.2, 0.25) is 0 Å². The molecule has 1 aromatic rings. The third-order valence-electron chi connectivity index (χ3n) is 3.91. The number of carbonyl (C=O) groups excluding carboxylic acids is 1. The predicted octanol–water partition coefficient (Wildman–Crippen LogP) is 3.18. The second kappa shape index (κ2) is 8.90. The zero-order chi connectivity index (χ0) is 14.4. The van der Waals surface area contributed by atoms with Gasteiger partial charge in [0, 0.05) is 18.7 Å². The molecule has 0 atom stereocenters. The Labute approximate surface area is 133 Å². The average molecular weight is 313 g/mol. The highest BCUT2D eigenvalue weighted by Crippen LogP contribution is 2.17. The second-order valence-corrected chi connectivity index (χ2v) is 5.55. The summed E-state index contributed by atoms with van der Waals surface area (Å²) >= 11 is 0. The van der Waals surface area contributed by atoms with Gasteiger partial charge in [0.2, 0.25) is 5.91 Å². The van der Waals surface area contributed by atoms with Gasteiger partial charge in [-0.05, 0) is 56.1 Å². The molecule has 0 aliphatic carbocycles. The lowest BCUT2D eigenvalue weighted by molar-refractivity contribution is -0.116. The Morgan fingerprint density at radius 3 is 2.48 bits per heavy atom. The van der Waals surface area contributed by atoms with Crippen LogP contribution in [-0.2, 0) is 4.79 Å². The molecular formula is C16H25ClN2O2. The third-order valence-corrected chi connectivity index (χ3v) is 3.91. The van der Waals surface area contributed by atoms with Gasteiger partial charge in [0.15, 0.2) is 0 Å². The summed E-state index contributed by atoms with van der Waals surface area (Å²) in [7, 11) is 1.63. The first kappa shape index (κ1) is 17.8. The summed E-state index contributed by atoms with van der Waals surface area (Å²) in [6.45, 7) is 5.40. The molecule has 1 heterocycles. The Balaban J connectivity index is 0.00000220. The first-order valence-corrected chi connectivity index (χ1v) is 7.33. The molecule has 0 spiro atoms. The van der Waals surface area contributed by atoms with Gasteiger partial charge in [-0.2, -0.15) is 0 Å². The summed E-state index contributed by atoms with van der Waals surface area (Å²) < 4.78 is 5.09. The molecule has 1 saturated heterocycles. The molecule has 0 radical (unpaired) electrons. The minimum Gasteiger partial charge on any atom is -0.497 e. The van der Waals surface area contributed by atoms with E-state index in [-0.39, 0.29) is 18.3 Å². The van der Waals surface area contributed by atoms with Crippen LogP contribution in [0.3, 0.4) is 0 Å². The molecule has 2 rings (SSSR count). The number of piperidine rings is 1. The summed E-state index contributed by atoms with van der Waals surface area (Å²) in [5.74, 6) is 1.71. The van der Waals surface area contributed by atoms with E-state index in [1.807, 2.05) is 24.3 Å². The van der Waals surface area contributed by atoms with E-state index >= 15 is 0 Å². The SMILES string of the molecule is COc1ccc(NC(=O)CCN2CCC(C)CC2)cc1.Cl. The van der Waals surface area contributed by atoms with Crippen LogP contribution in [0, 0.1) is 5.92 Å². The molecule has 21 heavy (non-hydrogen) atoms. The molecule has 1 N–H and O–H groups in total. The van der Waals surface area contributed by atoms with Crippen LogP contribution < -0.4 is 10.1 Å². The quantitative estimate of drug-likeness (QED) is 0.908. The number of nitrogens with one attached hydrogen (secondary N) is 1.